The Labute approximate surface area is 169 Å². The summed E-state index contributed by atoms with van der Waals surface area (Å²) in [6.07, 6.45) is 6.50. The van der Waals surface area contributed by atoms with Crippen molar-refractivity contribution in [2.45, 2.75) is 38.1 Å². The summed E-state index contributed by atoms with van der Waals surface area (Å²) in [6.45, 7) is 2.57. The largest absolute Gasteiger partial charge is 0.459 e. The number of anilines is 2. The van der Waals surface area contributed by atoms with Crippen LogP contribution in [0.15, 0.2) is 41.0 Å². The third-order valence-corrected chi connectivity index (χ3v) is 5.76. The monoisotopic (exact) mass is 401 g/mol. The maximum atomic E-state index is 12.8. The van der Waals surface area contributed by atoms with E-state index in [1.165, 1.54) is 25.5 Å². The Hall–Kier alpha value is -2.47. The molecule has 2 aliphatic heterocycles. The van der Waals surface area contributed by atoms with Gasteiger partial charge in [0, 0.05) is 25.3 Å². The zero-order valence-corrected chi connectivity index (χ0v) is 16.5. The van der Waals surface area contributed by atoms with Gasteiger partial charge in [0.15, 0.2) is 5.76 Å². The van der Waals surface area contributed by atoms with Gasteiger partial charge in [0.1, 0.15) is 6.04 Å². The van der Waals surface area contributed by atoms with E-state index in [1.807, 2.05) is 12.1 Å². The molecule has 1 N–H and O–H groups in total. The number of furan rings is 1. The van der Waals surface area contributed by atoms with Crippen LogP contribution in [0.1, 0.15) is 42.7 Å². The lowest BCUT2D eigenvalue weighted by Gasteiger charge is -2.29. The maximum absolute atomic E-state index is 12.8. The average molecular weight is 402 g/mol. The number of nitrogens with one attached hydrogen (secondary N) is 1. The highest BCUT2D eigenvalue weighted by Gasteiger charge is 2.35. The highest BCUT2D eigenvalue weighted by Crippen LogP contribution is 2.31. The summed E-state index contributed by atoms with van der Waals surface area (Å²) in [7, 11) is 0. The zero-order valence-electron chi connectivity index (χ0n) is 15.7. The quantitative estimate of drug-likeness (QED) is 0.835. The molecule has 1 atom stereocenters. The minimum atomic E-state index is -0.502. The molecule has 2 saturated heterocycles. The lowest BCUT2D eigenvalue weighted by atomic mass is 10.1. The van der Waals surface area contributed by atoms with Crippen molar-refractivity contribution in [1.29, 1.82) is 0 Å². The molecular formula is C21H24ClN3O3. The number of halogens is 1. The number of benzene rings is 1. The van der Waals surface area contributed by atoms with Crippen LogP contribution in [-0.4, -0.2) is 42.4 Å². The van der Waals surface area contributed by atoms with Crippen molar-refractivity contribution in [1.82, 2.24) is 4.90 Å². The molecule has 3 heterocycles. The summed E-state index contributed by atoms with van der Waals surface area (Å²) in [4.78, 5) is 29.3. The third-order valence-electron chi connectivity index (χ3n) is 5.46. The molecule has 0 saturated carbocycles. The van der Waals surface area contributed by atoms with Gasteiger partial charge in [-0.1, -0.05) is 11.6 Å². The number of carbonyl (C=O) groups excluding carboxylic acids is 2. The topological polar surface area (TPSA) is 65.8 Å². The lowest BCUT2D eigenvalue weighted by Crippen LogP contribution is -2.43. The first-order chi connectivity index (χ1) is 13.6. The summed E-state index contributed by atoms with van der Waals surface area (Å²) in [6, 6.07) is 8.42. The van der Waals surface area contributed by atoms with E-state index in [0.29, 0.717) is 23.7 Å². The van der Waals surface area contributed by atoms with Crippen molar-refractivity contribution in [2.75, 3.05) is 29.9 Å². The summed E-state index contributed by atoms with van der Waals surface area (Å²) >= 11 is 6.48. The second-order valence-electron chi connectivity index (χ2n) is 7.34. The predicted molar refractivity (Wildman–Crippen MR) is 109 cm³/mol. The predicted octanol–water partition coefficient (Wildman–Crippen LogP) is 4.17. The Morgan fingerprint density at radius 3 is 2.61 bits per heavy atom. The SMILES string of the molecule is O=C(Nc1ccc(N2CCCCC2)c(Cl)c1)[C@@H]1CCCN1C(=O)c1ccco1. The Morgan fingerprint density at radius 1 is 1.07 bits per heavy atom. The highest BCUT2D eigenvalue weighted by molar-refractivity contribution is 6.33. The molecule has 0 aliphatic carbocycles. The molecule has 7 heteroatoms. The molecule has 0 bridgehead atoms. The van der Waals surface area contributed by atoms with Crippen LogP contribution in [0, 0.1) is 0 Å². The minimum absolute atomic E-state index is 0.195. The van der Waals surface area contributed by atoms with Crippen LogP contribution < -0.4 is 10.2 Å². The van der Waals surface area contributed by atoms with Crippen molar-refractivity contribution in [3.8, 4) is 0 Å². The number of hydrogen-bond donors (Lipinski definition) is 1. The van der Waals surface area contributed by atoms with Gasteiger partial charge in [-0.2, -0.15) is 0 Å². The molecule has 2 amide bonds. The van der Waals surface area contributed by atoms with Crippen LogP contribution in [-0.2, 0) is 4.79 Å². The molecular weight excluding hydrogens is 378 g/mol. The first-order valence-electron chi connectivity index (χ1n) is 9.83. The van der Waals surface area contributed by atoms with Crippen LogP contribution >= 0.6 is 11.6 Å². The van der Waals surface area contributed by atoms with Crippen molar-refractivity contribution < 1.29 is 14.0 Å². The molecule has 2 aromatic rings. The van der Waals surface area contributed by atoms with Gasteiger partial charge in [0.2, 0.25) is 5.91 Å². The molecule has 28 heavy (non-hydrogen) atoms. The van der Waals surface area contributed by atoms with Gasteiger partial charge in [0.05, 0.1) is 17.0 Å². The number of piperidine rings is 1. The molecule has 1 aromatic heterocycles. The van der Waals surface area contributed by atoms with Gasteiger partial charge >= 0.3 is 0 Å². The fraction of sp³-hybridized carbons (Fsp3) is 0.429. The number of carbonyl (C=O) groups is 2. The van der Waals surface area contributed by atoms with Gasteiger partial charge in [0.25, 0.3) is 5.91 Å². The van der Waals surface area contributed by atoms with Gasteiger partial charge in [-0.05, 0) is 62.4 Å². The number of nitrogens with zero attached hydrogens (tertiary/aromatic N) is 2. The Morgan fingerprint density at radius 2 is 1.89 bits per heavy atom. The van der Waals surface area contributed by atoms with Crippen LogP contribution in [0.3, 0.4) is 0 Å². The van der Waals surface area contributed by atoms with Gasteiger partial charge in [-0.15, -0.1) is 0 Å². The minimum Gasteiger partial charge on any atom is -0.459 e. The molecule has 4 rings (SSSR count). The van der Waals surface area contributed by atoms with Crippen LogP contribution in [0.25, 0.3) is 0 Å². The van der Waals surface area contributed by atoms with Crippen LogP contribution in [0.4, 0.5) is 11.4 Å². The Kier molecular flexibility index (Phi) is 5.57. The van der Waals surface area contributed by atoms with Crippen molar-refractivity contribution in [2.24, 2.45) is 0 Å². The first kappa shape index (κ1) is 18.9. The standard InChI is InChI=1S/C21H24ClN3O3/c22-16-14-15(8-9-17(16)24-10-2-1-3-11-24)23-20(26)18-6-4-12-25(18)21(27)19-7-5-13-28-19/h5,7-9,13-14,18H,1-4,6,10-12H2,(H,23,26)/t18-/m0/s1. The van der Waals surface area contributed by atoms with Crippen molar-refractivity contribution in [3.05, 3.63) is 47.4 Å². The fourth-order valence-corrected chi connectivity index (χ4v) is 4.33. The summed E-state index contributed by atoms with van der Waals surface area (Å²) < 4.78 is 5.20. The van der Waals surface area contributed by atoms with Crippen molar-refractivity contribution in [3.63, 3.8) is 0 Å². The number of hydrogen-bond acceptors (Lipinski definition) is 4. The van der Waals surface area contributed by atoms with E-state index in [-0.39, 0.29) is 17.6 Å². The summed E-state index contributed by atoms with van der Waals surface area (Å²) in [5.41, 5.74) is 1.66. The smallest absolute Gasteiger partial charge is 0.290 e. The molecule has 148 valence electrons. The number of amides is 2. The molecule has 0 unspecified atom stereocenters. The van der Waals surface area contributed by atoms with Gasteiger partial charge in [-0.3, -0.25) is 9.59 Å². The summed E-state index contributed by atoms with van der Waals surface area (Å²) in [5.74, 6) is -0.186. The fourth-order valence-electron chi connectivity index (χ4n) is 4.03. The molecule has 0 radical (unpaired) electrons. The van der Waals surface area contributed by atoms with E-state index in [9.17, 15) is 9.59 Å². The van der Waals surface area contributed by atoms with Gasteiger partial charge in [-0.25, -0.2) is 0 Å². The normalized spacial score (nSPS) is 19.7. The highest BCUT2D eigenvalue weighted by atomic mass is 35.5. The van der Waals surface area contributed by atoms with E-state index in [4.69, 9.17) is 16.0 Å². The van der Waals surface area contributed by atoms with E-state index in [1.54, 1.807) is 23.1 Å². The van der Waals surface area contributed by atoms with E-state index in [0.717, 1.165) is 25.2 Å². The van der Waals surface area contributed by atoms with E-state index < -0.39 is 6.04 Å². The number of likely N-dealkylation sites (tertiary alicyclic amines) is 1. The van der Waals surface area contributed by atoms with E-state index >= 15 is 0 Å². The molecule has 2 aliphatic rings. The van der Waals surface area contributed by atoms with Crippen LogP contribution in [0.2, 0.25) is 5.02 Å². The lowest BCUT2D eigenvalue weighted by molar-refractivity contribution is -0.119. The maximum Gasteiger partial charge on any atom is 0.290 e. The first-order valence-corrected chi connectivity index (χ1v) is 10.2. The van der Waals surface area contributed by atoms with E-state index in [2.05, 4.69) is 10.2 Å². The molecule has 1 aromatic carbocycles. The van der Waals surface area contributed by atoms with Crippen LogP contribution in [0.5, 0.6) is 0 Å². The Balaban J connectivity index is 1.44. The second kappa shape index (κ2) is 8.27. The molecule has 0 spiro atoms. The van der Waals surface area contributed by atoms with Crippen molar-refractivity contribution >= 4 is 34.8 Å². The molecule has 6 nitrogen and oxygen atoms in total. The average Bonchev–Trinajstić information content (AvgIpc) is 3.40. The summed E-state index contributed by atoms with van der Waals surface area (Å²) in [5, 5.41) is 3.55. The number of rotatable bonds is 4. The third kappa shape index (κ3) is 3.87. The second-order valence-corrected chi connectivity index (χ2v) is 7.74. The Bertz CT molecular complexity index is 847. The van der Waals surface area contributed by atoms with Gasteiger partial charge < -0.3 is 19.5 Å². The molecule has 2 fully saturated rings. The zero-order chi connectivity index (χ0) is 19.5.